The molecule has 0 radical (unpaired) electrons. The molecule has 1 aromatic rings. The SMILES string of the molecule is COc1ccc(Br)cc1CC(CBr)C1CCS(=O)(=O)C1. The van der Waals surface area contributed by atoms with Gasteiger partial charge in [-0.05, 0) is 48.4 Å². The summed E-state index contributed by atoms with van der Waals surface area (Å²) in [6, 6.07) is 5.94. The van der Waals surface area contributed by atoms with Gasteiger partial charge in [-0.25, -0.2) is 8.42 Å². The van der Waals surface area contributed by atoms with Gasteiger partial charge in [0.2, 0.25) is 0 Å². The quantitative estimate of drug-likeness (QED) is 0.678. The van der Waals surface area contributed by atoms with Crippen molar-refractivity contribution in [3.63, 3.8) is 0 Å². The van der Waals surface area contributed by atoms with Crippen molar-refractivity contribution in [3.8, 4) is 5.75 Å². The molecule has 20 heavy (non-hydrogen) atoms. The summed E-state index contributed by atoms with van der Waals surface area (Å²) in [7, 11) is -1.17. The lowest BCUT2D eigenvalue weighted by Gasteiger charge is -2.21. The van der Waals surface area contributed by atoms with Crippen LogP contribution in [0.1, 0.15) is 12.0 Å². The number of methoxy groups -OCH3 is 1. The number of benzene rings is 1. The fourth-order valence-electron chi connectivity index (χ4n) is 2.73. The van der Waals surface area contributed by atoms with Crippen molar-refractivity contribution in [1.82, 2.24) is 0 Å². The summed E-state index contributed by atoms with van der Waals surface area (Å²) in [5.41, 5.74) is 1.12. The minimum Gasteiger partial charge on any atom is -0.496 e. The van der Waals surface area contributed by atoms with E-state index in [-0.39, 0.29) is 5.92 Å². The number of hydrogen-bond acceptors (Lipinski definition) is 3. The minimum absolute atomic E-state index is 0.239. The van der Waals surface area contributed by atoms with Crippen molar-refractivity contribution in [2.45, 2.75) is 12.8 Å². The zero-order valence-corrected chi connectivity index (χ0v) is 15.3. The van der Waals surface area contributed by atoms with Gasteiger partial charge in [-0.2, -0.15) is 0 Å². The van der Waals surface area contributed by atoms with Crippen molar-refractivity contribution in [2.75, 3.05) is 23.9 Å². The van der Waals surface area contributed by atoms with Crippen LogP contribution in [0.4, 0.5) is 0 Å². The normalized spacial score (nSPS) is 22.6. The number of halogens is 2. The molecule has 2 atom stereocenters. The molecule has 1 saturated heterocycles. The van der Waals surface area contributed by atoms with Gasteiger partial charge < -0.3 is 4.74 Å². The summed E-state index contributed by atoms with van der Waals surface area (Å²) in [5.74, 6) is 2.06. The van der Waals surface area contributed by atoms with E-state index in [0.29, 0.717) is 17.4 Å². The fourth-order valence-corrected chi connectivity index (χ4v) is 5.82. The van der Waals surface area contributed by atoms with Crippen LogP contribution in [-0.4, -0.2) is 32.4 Å². The molecule has 0 spiro atoms. The molecule has 1 aliphatic rings. The van der Waals surface area contributed by atoms with E-state index in [2.05, 4.69) is 37.9 Å². The van der Waals surface area contributed by atoms with Crippen LogP contribution in [0.25, 0.3) is 0 Å². The molecular formula is C14H18Br2O3S. The van der Waals surface area contributed by atoms with Gasteiger partial charge in [-0.15, -0.1) is 0 Å². The Hall–Kier alpha value is -0.0700. The molecule has 0 bridgehead atoms. The van der Waals surface area contributed by atoms with Gasteiger partial charge in [0.25, 0.3) is 0 Å². The van der Waals surface area contributed by atoms with Gasteiger partial charge >= 0.3 is 0 Å². The summed E-state index contributed by atoms with van der Waals surface area (Å²) in [6.07, 6.45) is 1.60. The molecule has 1 fully saturated rings. The van der Waals surface area contributed by atoms with E-state index in [1.165, 1.54) is 0 Å². The van der Waals surface area contributed by atoms with E-state index < -0.39 is 9.84 Å². The monoisotopic (exact) mass is 424 g/mol. The molecule has 112 valence electrons. The maximum Gasteiger partial charge on any atom is 0.150 e. The Morgan fingerprint density at radius 3 is 2.75 bits per heavy atom. The van der Waals surface area contributed by atoms with Crippen molar-refractivity contribution >= 4 is 41.7 Å². The number of ether oxygens (including phenoxy) is 1. The average Bonchev–Trinajstić information content (AvgIpc) is 2.76. The molecule has 0 aromatic heterocycles. The average molecular weight is 426 g/mol. The highest BCUT2D eigenvalue weighted by molar-refractivity contribution is 9.10. The summed E-state index contributed by atoms with van der Waals surface area (Å²) in [6.45, 7) is 0. The van der Waals surface area contributed by atoms with Crippen LogP contribution in [0.3, 0.4) is 0 Å². The molecule has 1 aromatic carbocycles. The van der Waals surface area contributed by atoms with Gasteiger partial charge in [0.05, 0.1) is 18.6 Å². The highest BCUT2D eigenvalue weighted by Crippen LogP contribution is 2.33. The first-order valence-electron chi connectivity index (χ1n) is 6.54. The molecule has 2 rings (SSSR count). The Kier molecular flexibility index (Phi) is 5.54. The first-order valence-corrected chi connectivity index (χ1v) is 10.3. The molecule has 6 heteroatoms. The first-order chi connectivity index (χ1) is 9.45. The predicted molar refractivity (Wildman–Crippen MR) is 88.4 cm³/mol. The largest absolute Gasteiger partial charge is 0.496 e. The second-order valence-electron chi connectivity index (χ2n) is 5.24. The molecule has 0 aliphatic carbocycles. The third-order valence-corrected chi connectivity index (χ3v) is 6.98. The highest BCUT2D eigenvalue weighted by Gasteiger charge is 2.33. The standard InChI is InChI=1S/C14H18Br2O3S/c1-19-14-3-2-13(16)7-11(14)6-12(8-15)10-4-5-20(17,18)9-10/h2-3,7,10,12H,4-6,8-9H2,1H3. The second-order valence-corrected chi connectivity index (χ2v) is 9.03. The number of hydrogen-bond donors (Lipinski definition) is 0. The maximum atomic E-state index is 11.6. The van der Waals surface area contributed by atoms with Crippen LogP contribution >= 0.6 is 31.9 Å². The van der Waals surface area contributed by atoms with E-state index in [0.717, 1.165) is 34.0 Å². The summed E-state index contributed by atoms with van der Waals surface area (Å²) in [4.78, 5) is 0. The van der Waals surface area contributed by atoms with Crippen molar-refractivity contribution in [1.29, 1.82) is 0 Å². The molecular weight excluding hydrogens is 408 g/mol. The first kappa shape index (κ1) is 16.3. The molecule has 0 amide bonds. The van der Waals surface area contributed by atoms with E-state index in [4.69, 9.17) is 4.74 Å². The van der Waals surface area contributed by atoms with Crippen molar-refractivity contribution in [3.05, 3.63) is 28.2 Å². The zero-order valence-electron chi connectivity index (χ0n) is 11.3. The number of rotatable bonds is 5. The lowest BCUT2D eigenvalue weighted by atomic mass is 9.88. The Balaban J connectivity index is 2.16. The van der Waals surface area contributed by atoms with E-state index in [1.54, 1.807) is 7.11 Å². The second kappa shape index (κ2) is 6.79. The maximum absolute atomic E-state index is 11.6. The van der Waals surface area contributed by atoms with Gasteiger partial charge in [-0.1, -0.05) is 31.9 Å². The van der Waals surface area contributed by atoms with Crippen LogP contribution in [0.2, 0.25) is 0 Å². The van der Waals surface area contributed by atoms with Crippen molar-refractivity contribution < 1.29 is 13.2 Å². The summed E-state index contributed by atoms with van der Waals surface area (Å²) < 4.78 is 29.7. The molecule has 0 N–H and O–H groups in total. The number of sulfone groups is 1. The van der Waals surface area contributed by atoms with Gasteiger partial charge in [0.1, 0.15) is 5.75 Å². The molecule has 0 saturated carbocycles. The van der Waals surface area contributed by atoms with E-state index in [9.17, 15) is 8.42 Å². The van der Waals surface area contributed by atoms with E-state index >= 15 is 0 Å². The third kappa shape index (κ3) is 3.98. The van der Waals surface area contributed by atoms with Crippen molar-refractivity contribution in [2.24, 2.45) is 11.8 Å². The highest BCUT2D eigenvalue weighted by atomic mass is 79.9. The summed E-state index contributed by atoms with van der Waals surface area (Å²) >= 11 is 7.01. The Morgan fingerprint density at radius 1 is 1.45 bits per heavy atom. The Labute approximate surface area is 137 Å². The third-order valence-electron chi connectivity index (χ3n) is 3.86. The van der Waals surface area contributed by atoms with Gasteiger partial charge in [0, 0.05) is 9.80 Å². The fraction of sp³-hybridized carbons (Fsp3) is 0.571. The Bertz CT molecular complexity index is 572. The predicted octanol–water partition coefficient (Wildman–Crippen LogP) is 3.45. The molecule has 2 unspecified atom stereocenters. The summed E-state index contributed by atoms with van der Waals surface area (Å²) in [5, 5.41) is 0.808. The molecule has 3 nitrogen and oxygen atoms in total. The van der Waals surface area contributed by atoms with Crippen LogP contribution in [0.5, 0.6) is 5.75 Å². The lowest BCUT2D eigenvalue weighted by Crippen LogP contribution is -2.20. The van der Waals surface area contributed by atoms with Crippen LogP contribution in [0, 0.1) is 11.8 Å². The number of alkyl halides is 1. The van der Waals surface area contributed by atoms with E-state index in [1.807, 2.05) is 12.1 Å². The minimum atomic E-state index is -2.83. The topological polar surface area (TPSA) is 43.4 Å². The zero-order chi connectivity index (χ0) is 14.8. The van der Waals surface area contributed by atoms with Crippen LogP contribution < -0.4 is 4.74 Å². The van der Waals surface area contributed by atoms with Gasteiger partial charge in [0.15, 0.2) is 9.84 Å². The van der Waals surface area contributed by atoms with Crippen LogP contribution in [0.15, 0.2) is 22.7 Å². The smallest absolute Gasteiger partial charge is 0.150 e. The van der Waals surface area contributed by atoms with Crippen LogP contribution in [-0.2, 0) is 16.3 Å². The lowest BCUT2D eigenvalue weighted by molar-refractivity contribution is 0.380. The van der Waals surface area contributed by atoms with Gasteiger partial charge in [-0.3, -0.25) is 0 Å². The molecule has 1 aliphatic heterocycles. The molecule has 1 heterocycles. The Morgan fingerprint density at radius 2 is 2.20 bits per heavy atom.